The Morgan fingerprint density at radius 1 is 1.21 bits per heavy atom. The number of nitrogens with one attached hydrogen (secondary N) is 1. The van der Waals surface area contributed by atoms with E-state index >= 15 is 0 Å². The third-order valence-corrected chi connectivity index (χ3v) is 4.37. The fourth-order valence-electron chi connectivity index (χ4n) is 3.16. The van der Waals surface area contributed by atoms with Crippen LogP contribution in [0.4, 0.5) is 5.69 Å². The van der Waals surface area contributed by atoms with E-state index in [1.807, 2.05) is 24.3 Å². The number of hydrogen-bond acceptors (Lipinski definition) is 1. The van der Waals surface area contributed by atoms with E-state index in [9.17, 15) is 4.79 Å². The van der Waals surface area contributed by atoms with Crippen LogP contribution in [0.25, 0.3) is 0 Å². The van der Waals surface area contributed by atoms with Crippen LogP contribution < -0.4 is 5.32 Å². The molecule has 1 aromatic carbocycles. The van der Waals surface area contributed by atoms with Gasteiger partial charge in [-0.25, -0.2) is 0 Å². The van der Waals surface area contributed by atoms with Crippen LogP contribution in [0.15, 0.2) is 36.4 Å². The Kier molecular flexibility index (Phi) is 3.41. The van der Waals surface area contributed by atoms with Gasteiger partial charge < -0.3 is 5.32 Å². The Labute approximate surface area is 114 Å². The number of hydrogen-bond donors (Lipinski definition) is 1. The summed E-state index contributed by atoms with van der Waals surface area (Å²) in [5, 5.41) is 3.06. The van der Waals surface area contributed by atoms with Gasteiger partial charge in [0.15, 0.2) is 0 Å². The summed E-state index contributed by atoms with van der Waals surface area (Å²) in [6.07, 6.45) is 9.45. The molecule has 1 N–H and O–H groups in total. The summed E-state index contributed by atoms with van der Waals surface area (Å²) in [7, 11) is 0. The molecule has 2 nitrogen and oxygen atoms in total. The van der Waals surface area contributed by atoms with Gasteiger partial charge in [-0.2, -0.15) is 0 Å². The molecule has 1 amide bonds. The monoisotopic (exact) mass is 255 g/mol. The molecule has 1 fully saturated rings. The van der Waals surface area contributed by atoms with Crippen molar-refractivity contribution in [3.05, 3.63) is 42.0 Å². The zero-order chi connectivity index (χ0) is 13.2. The largest absolute Gasteiger partial charge is 0.326 e. The number of carbonyl (C=O) groups is 1. The molecule has 0 bridgehead atoms. The van der Waals surface area contributed by atoms with Gasteiger partial charge >= 0.3 is 0 Å². The van der Waals surface area contributed by atoms with Crippen molar-refractivity contribution < 1.29 is 4.79 Å². The maximum atomic E-state index is 12.3. The van der Waals surface area contributed by atoms with Crippen LogP contribution in [0.5, 0.6) is 0 Å². The number of amides is 1. The highest BCUT2D eigenvalue weighted by Gasteiger charge is 2.52. The van der Waals surface area contributed by atoms with Gasteiger partial charge in [-0.1, -0.05) is 36.3 Å². The lowest BCUT2D eigenvalue weighted by Crippen LogP contribution is -2.15. The highest BCUT2D eigenvalue weighted by molar-refractivity contribution is 5.95. The number of benzene rings is 1. The van der Waals surface area contributed by atoms with Crippen molar-refractivity contribution in [1.82, 2.24) is 0 Å². The van der Waals surface area contributed by atoms with Gasteiger partial charge in [0.25, 0.3) is 0 Å². The van der Waals surface area contributed by atoms with Gasteiger partial charge in [0.1, 0.15) is 0 Å². The molecule has 0 aliphatic heterocycles. The maximum Gasteiger partial charge on any atom is 0.228 e. The van der Waals surface area contributed by atoms with Crippen molar-refractivity contribution in [2.24, 2.45) is 17.8 Å². The quantitative estimate of drug-likeness (QED) is 0.797. The number of anilines is 1. The summed E-state index contributed by atoms with van der Waals surface area (Å²) in [4.78, 5) is 12.3. The molecule has 0 spiro atoms. The van der Waals surface area contributed by atoms with E-state index in [1.165, 1.54) is 31.2 Å². The van der Waals surface area contributed by atoms with Crippen LogP contribution in [-0.4, -0.2) is 5.91 Å². The smallest absolute Gasteiger partial charge is 0.228 e. The summed E-state index contributed by atoms with van der Waals surface area (Å²) < 4.78 is 0. The first-order chi connectivity index (χ1) is 9.25. The lowest BCUT2D eigenvalue weighted by molar-refractivity contribution is -0.117. The summed E-state index contributed by atoms with van der Waals surface area (Å²) in [6, 6.07) is 8.03. The third-order valence-electron chi connectivity index (χ3n) is 4.37. The van der Waals surface area contributed by atoms with Crippen molar-refractivity contribution in [3.63, 3.8) is 0 Å². The minimum absolute atomic E-state index is 0.199. The predicted molar refractivity (Wildman–Crippen MR) is 77.9 cm³/mol. The second-order valence-corrected chi connectivity index (χ2v) is 5.83. The van der Waals surface area contributed by atoms with E-state index in [-0.39, 0.29) is 11.8 Å². The second-order valence-electron chi connectivity index (χ2n) is 5.83. The average molecular weight is 255 g/mol. The number of allylic oxidation sites excluding steroid dienone is 2. The second kappa shape index (κ2) is 5.20. The maximum absolute atomic E-state index is 12.3. The molecule has 2 aliphatic carbocycles. The highest BCUT2D eigenvalue weighted by Crippen LogP contribution is 2.51. The molecule has 1 saturated carbocycles. The van der Waals surface area contributed by atoms with Crippen molar-refractivity contribution in [2.45, 2.75) is 32.6 Å². The number of fused-ring (bicyclic) bond motifs is 1. The van der Waals surface area contributed by atoms with E-state index in [0.29, 0.717) is 11.8 Å². The molecular weight excluding hydrogens is 234 g/mol. The molecule has 100 valence electrons. The van der Waals surface area contributed by atoms with Crippen molar-refractivity contribution in [1.29, 1.82) is 0 Å². The fraction of sp³-hybridized carbons (Fsp3) is 0.471. The van der Waals surface area contributed by atoms with Gasteiger partial charge in [-0.3, -0.25) is 4.79 Å². The number of aryl methyl sites for hydroxylation is 1. The third kappa shape index (κ3) is 2.73. The molecule has 2 heteroatoms. The molecule has 2 aliphatic rings. The van der Waals surface area contributed by atoms with E-state index in [1.54, 1.807) is 0 Å². The normalized spacial score (nSPS) is 30.7. The zero-order valence-electron chi connectivity index (χ0n) is 11.4. The molecule has 1 aromatic rings. The van der Waals surface area contributed by atoms with Crippen LogP contribution in [0.2, 0.25) is 0 Å². The first kappa shape index (κ1) is 12.5. The van der Waals surface area contributed by atoms with E-state index in [4.69, 9.17) is 0 Å². The van der Waals surface area contributed by atoms with Gasteiger partial charge in [0, 0.05) is 11.6 Å². The molecule has 3 rings (SSSR count). The molecule has 0 radical (unpaired) electrons. The predicted octanol–water partition coefficient (Wildman–Crippen LogP) is 3.93. The summed E-state index contributed by atoms with van der Waals surface area (Å²) >= 11 is 0. The molecule has 0 heterocycles. The Morgan fingerprint density at radius 2 is 2.00 bits per heavy atom. The molecule has 0 saturated heterocycles. The van der Waals surface area contributed by atoms with E-state index in [0.717, 1.165) is 5.69 Å². The first-order valence-corrected chi connectivity index (χ1v) is 7.30. The lowest BCUT2D eigenvalue weighted by Gasteiger charge is -2.05. The summed E-state index contributed by atoms with van der Waals surface area (Å²) in [5.74, 6) is 1.48. The average Bonchev–Trinajstić information content (AvgIpc) is 3.03. The molecule has 19 heavy (non-hydrogen) atoms. The molecule has 3 atom stereocenters. The molecule has 0 aromatic heterocycles. The SMILES string of the molecule is Cc1ccc(NC(=O)[C@@H]2[C@H]3/C=C\CCCC[C@H]32)cc1. The summed E-state index contributed by atoms with van der Waals surface area (Å²) in [5.41, 5.74) is 2.13. The van der Waals surface area contributed by atoms with Crippen LogP contribution in [0, 0.1) is 24.7 Å². The Hall–Kier alpha value is -1.57. The minimum Gasteiger partial charge on any atom is -0.326 e. The van der Waals surface area contributed by atoms with Gasteiger partial charge in [0.05, 0.1) is 0 Å². The van der Waals surface area contributed by atoms with Crippen LogP contribution >= 0.6 is 0 Å². The van der Waals surface area contributed by atoms with Crippen molar-refractivity contribution in [2.75, 3.05) is 5.32 Å². The number of carbonyl (C=O) groups excluding carboxylic acids is 1. The number of rotatable bonds is 2. The van der Waals surface area contributed by atoms with Gasteiger partial charge in [-0.15, -0.1) is 0 Å². The lowest BCUT2D eigenvalue weighted by atomic mass is 10.1. The highest BCUT2D eigenvalue weighted by atomic mass is 16.2. The summed E-state index contributed by atoms with van der Waals surface area (Å²) in [6.45, 7) is 2.05. The van der Waals surface area contributed by atoms with Gasteiger partial charge in [0.2, 0.25) is 5.91 Å². The van der Waals surface area contributed by atoms with Crippen LogP contribution in [-0.2, 0) is 4.79 Å². The first-order valence-electron chi connectivity index (χ1n) is 7.30. The van der Waals surface area contributed by atoms with Crippen LogP contribution in [0.3, 0.4) is 0 Å². The topological polar surface area (TPSA) is 29.1 Å². The fourth-order valence-corrected chi connectivity index (χ4v) is 3.16. The van der Waals surface area contributed by atoms with E-state index in [2.05, 4.69) is 24.4 Å². The molecule has 0 unspecified atom stereocenters. The van der Waals surface area contributed by atoms with Crippen molar-refractivity contribution >= 4 is 11.6 Å². The van der Waals surface area contributed by atoms with Crippen molar-refractivity contribution in [3.8, 4) is 0 Å². The Balaban J connectivity index is 1.64. The van der Waals surface area contributed by atoms with E-state index < -0.39 is 0 Å². The van der Waals surface area contributed by atoms with Gasteiger partial charge in [-0.05, 0) is 50.2 Å². The minimum atomic E-state index is 0.199. The standard InChI is InChI=1S/C17H21NO/c1-12-8-10-13(11-9-12)18-17(19)16-14-6-4-2-3-5-7-15(14)16/h4,6,8-11,14-16H,2-3,5,7H2,1H3,(H,18,19)/b6-4-/t14-,15+,16+/m0/s1. The zero-order valence-corrected chi connectivity index (χ0v) is 11.4. The molecular formula is C17H21NO. The Bertz CT molecular complexity index is 488. The Morgan fingerprint density at radius 3 is 2.79 bits per heavy atom. The van der Waals surface area contributed by atoms with Crippen LogP contribution in [0.1, 0.15) is 31.2 Å².